The first-order chi connectivity index (χ1) is 11.7. The van der Waals surface area contributed by atoms with Crippen LogP contribution in [0.15, 0.2) is 12.1 Å². The van der Waals surface area contributed by atoms with Crippen LogP contribution >= 0.6 is 69.6 Å². The van der Waals surface area contributed by atoms with E-state index in [1.54, 1.807) is 6.07 Å². The van der Waals surface area contributed by atoms with E-state index in [4.69, 9.17) is 74.9 Å². The van der Waals surface area contributed by atoms with Crippen LogP contribution in [-0.4, -0.2) is 5.24 Å². The lowest BCUT2D eigenvalue weighted by atomic mass is 10.1. The summed E-state index contributed by atoms with van der Waals surface area (Å²) in [7, 11) is 0. The molecule has 4 nitrogen and oxygen atoms in total. The van der Waals surface area contributed by atoms with Crippen LogP contribution in [-0.2, 0) is 0 Å². The van der Waals surface area contributed by atoms with E-state index in [0.717, 1.165) is 0 Å². The van der Waals surface area contributed by atoms with Crippen LogP contribution in [0.5, 0.6) is 0 Å². The lowest BCUT2D eigenvalue weighted by molar-refractivity contribution is 0.108. The van der Waals surface area contributed by atoms with E-state index in [1.807, 2.05) is 6.07 Å². The highest BCUT2D eigenvalue weighted by molar-refractivity contribution is 6.68. The number of hydrogen-bond donors (Lipinski definition) is 1. The number of hydrogen-bond acceptors (Lipinski definition) is 4. The van der Waals surface area contributed by atoms with Gasteiger partial charge in [-0.25, -0.2) is 0 Å². The molecule has 0 atom stereocenters. The molecule has 25 heavy (non-hydrogen) atoms. The van der Waals surface area contributed by atoms with Crippen molar-refractivity contribution >= 4 is 86.2 Å². The first-order valence-corrected chi connectivity index (χ1v) is 8.46. The van der Waals surface area contributed by atoms with Gasteiger partial charge in [0.2, 0.25) is 0 Å². The van der Waals surface area contributed by atoms with Crippen LogP contribution < -0.4 is 5.32 Å². The average molecular weight is 454 g/mol. The Morgan fingerprint density at radius 3 is 1.80 bits per heavy atom. The second kappa shape index (κ2) is 7.89. The molecule has 126 valence electrons. The number of nitrogens with zero attached hydrogens (tertiary/aromatic N) is 2. The first kappa shape index (κ1) is 19.9. The van der Waals surface area contributed by atoms with Gasteiger partial charge in [-0.1, -0.05) is 58.0 Å². The maximum absolute atomic E-state index is 11.2. The fourth-order valence-electron chi connectivity index (χ4n) is 1.91. The molecule has 2 aromatic rings. The summed E-state index contributed by atoms with van der Waals surface area (Å²) in [5, 5.41) is 20.2. The molecule has 0 saturated heterocycles. The molecule has 2 rings (SSSR count). The van der Waals surface area contributed by atoms with Crippen LogP contribution in [0.2, 0.25) is 25.1 Å². The van der Waals surface area contributed by atoms with Crippen molar-refractivity contribution in [2.24, 2.45) is 0 Å². The normalized spacial score (nSPS) is 10.1. The number of benzene rings is 2. The molecule has 0 heterocycles. The zero-order valence-corrected chi connectivity index (χ0v) is 16.3. The number of nitrogens with one attached hydrogen (secondary N) is 1. The molecule has 0 aliphatic heterocycles. The van der Waals surface area contributed by atoms with E-state index in [9.17, 15) is 10.1 Å². The summed E-state index contributed by atoms with van der Waals surface area (Å²) >= 11 is 35.9. The van der Waals surface area contributed by atoms with Crippen molar-refractivity contribution in [3.63, 3.8) is 0 Å². The Bertz CT molecular complexity index is 967. The minimum atomic E-state index is -0.740. The topological polar surface area (TPSA) is 76.7 Å². The average Bonchev–Trinajstić information content (AvgIpc) is 2.55. The smallest absolute Gasteiger partial charge is 0.252 e. The number of halogens is 6. The molecule has 0 radical (unpaired) electrons. The van der Waals surface area contributed by atoms with Crippen molar-refractivity contribution < 1.29 is 4.79 Å². The highest BCUT2D eigenvalue weighted by atomic mass is 35.5. The fourth-order valence-corrected chi connectivity index (χ4v) is 3.39. The van der Waals surface area contributed by atoms with Crippen molar-refractivity contribution in [1.29, 1.82) is 10.5 Å². The zero-order valence-electron chi connectivity index (χ0n) is 11.7. The Morgan fingerprint density at radius 2 is 1.36 bits per heavy atom. The summed E-state index contributed by atoms with van der Waals surface area (Å²) in [6, 6.07) is 6.21. The van der Waals surface area contributed by atoms with Gasteiger partial charge < -0.3 is 5.32 Å². The lowest BCUT2D eigenvalue weighted by Crippen LogP contribution is -2.01. The SMILES string of the molecule is N#Cc1c(Cl)c(Cl)c(Nc2c(Cl)cc(C(=O)Cl)cc2Cl)c(C#N)c1Cl. The molecule has 0 unspecified atom stereocenters. The molecule has 2 aromatic carbocycles. The van der Waals surface area contributed by atoms with E-state index < -0.39 is 5.24 Å². The molecular formula is C15H3Cl6N3O. The van der Waals surface area contributed by atoms with E-state index in [1.165, 1.54) is 12.1 Å². The Labute approximate surface area is 172 Å². The van der Waals surface area contributed by atoms with Gasteiger partial charge in [-0.2, -0.15) is 10.5 Å². The predicted molar refractivity (Wildman–Crippen MR) is 101 cm³/mol. The second-order valence-electron chi connectivity index (χ2n) is 4.50. The lowest BCUT2D eigenvalue weighted by Gasteiger charge is -2.16. The number of carbonyl (C=O) groups excluding carboxylic acids is 1. The van der Waals surface area contributed by atoms with Gasteiger partial charge in [0, 0.05) is 5.56 Å². The zero-order chi connectivity index (χ0) is 18.9. The molecule has 0 bridgehead atoms. The molecule has 0 aromatic heterocycles. The number of nitriles is 2. The van der Waals surface area contributed by atoms with Crippen molar-refractivity contribution in [3.05, 3.63) is 53.9 Å². The van der Waals surface area contributed by atoms with Gasteiger partial charge >= 0.3 is 0 Å². The summed E-state index contributed by atoms with van der Waals surface area (Å²) in [6.45, 7) is 0. The van der Waals surface area contributed by atoms with Crippen LogP contribution in [0, 0.1) is 22.7 Å². The van der Waals surface area contributed by atoms with Gasteiger partial charge in [-0.15, -0.1) is 0 Å². The molecule has 10 heteroatoms. The quantitative estimate of drug-likeness (QED) is 0.408. The largest absolute Gasteiger partial charge is 0.351 e. The summed E-state index contributed by atoms with van der Waals surface area (Å²) in [5.41, 5.74) is 0.0184. The van der Waals surface area contributed by atoms with Crippen LogP contribution in [0.4, 0.5) is 11.4 Å². The van der Waals surface area contributed by atoms with Gasteiger partial charge in [0.25, 0.3) is 5.24 Å². The summed E-state index contributed by atoms with van der Waals surface area (Å²) in [5.74, 6) is 0. The standard InChI is InChI=1S/C15H3Cl6N3O/c16-8-1-5(15(21)25)2-9(17)14(8)24-13-7(4-23)10(18)6(3-22)11(19)12(13)20/h1-2,24H. The molecule has 1 N–H and O–H groups in total. The fraction of sp³-hybridized carbons (Fsp3) is 0. The molecule has 0 fully saturated rings. The molecular weight excluding hydrogens is 451 g/mol. The van der Waals surface area contributed by atoms with Crippen LogP contribution in [0.3, 0.4) is 0 Å². The predicted octanol–water partition coefficient (Wildman–Crippen LogP) is 6.82. The Hall–Kier alpha value is -1.37. The number of anilines is 2. The third kappa shape index (κ3) is 3.76. The minimum Gasteiger partial charge on any atom is -0.351 e. The van der Waals surface area contributed by atoms with E-state index in [2.05, 4.69) is 5.32 Å². The summed E-state index contributed by atoms with van der Waals surface area (Å²) < 4.78 is 0. The first-order valence-electron chi connectivity index (χ1n) is 6.19. The molecule has 0 saturated carbocycles. The third-order valence-electron chi connectivity index (χ3n) is 3.06. The second-order valence-corrected chi connectivity index (χ2v) is 6.80. The van der Waals surface area contributed by atoms with Crippen LogP contribution in [0.25, 0.3) is 0 Å². The number of rotatable bonds is 3. The molecule has 0 spiro atoms. The summed E-state index contributed by atoms with van der Waals surface area (Å²) in [6.07, 6.45) is 0. The molecule has 0 aliphatic carbocycles. The van der Waals surface area contributed by atoms with Crippen LogP contribution in [0.1, 0.15) is 21.5 Å². The van der Waals surface area contributed by atoms with Crippen molar-refractivity contribution in [2.45, 2.75) is 0 Å². The Morgan fingerprint density at radius 1 is 0.840 bits per heavy atom. The minimum absolute atomic E-state index is 0.0203. The van der Waals surface area contributed by atoms with Gasteiger partial charge in [-0.3, -0.25) is 4.79 Å². The molecule has 0 amide bonds. The highest BCUT2D eigenvalue weighted by Gasteiger charge is 2.23. The van der Waals surface area contributed by atoms with Gasteiger partial charge in [-0.05, 0) is 23.7 Å². The van der Waals surface area contributed by atoms with Gasteiger partial charge in [0.1, 0.15) is 12.1 Å². The number of carbonyl (C=O) groups is 1. The monoisotopic (exact) mass is 451 g/mol. The van der Waals surface area contributed by atoms with E-state index in [-0.39, 0.29) is 53.2 Å². The Balaban J connectivity index is 2.69. The van der Waals surface area contributed by atoms with Crippen molar-refractivity contribution in [3.8, 4) is 12.1 Å². The van der Waals surface area contributed by atoms with Gasteiger partial charge in [0.05, 0.1) is 47.6 Å². The Kier molecular flexibility index (Phi) is 6.30. The van der Waals surface area contributed by atoms with Crippen molar-refractivity contribution in [2.75, 3.05) is 5.32 Å². The van der Waals surface area contributed by atoms with Gasteiger partial charge in [0.15, 0.2) is 0 Å². The highest BCUT2D eigenvalue weighted by Crippen LogP contribution is 2.44. The maximum atomic E-state index is 11.2. The third-order valence-corrected chi connectivity index (χ3v) is 5.11. The maximum Gasteiger partial charge on any atom is 0.252 e. The van der Waals surface area contributed by atoms with Crippen molar-refractivity contribution in [1.82, 2.24) is 0 Å². The molecule has 0 aliphatic rings. The van der Waals surface area contributed by atoms with E-state index >= 15 is 0 Å². The van der Waals surface area contributed by atoms with E-state index in [0.29, 0.717) is 0 Å². The summed E-state index contributed by atoms with van der Waals surface area (Å²) in [4.78, 5) is 11.2.